The highest BCUT2D eigenvalue weighted by molar-refractivity contribution is 7.10. The summed E-state index contributed by atoms with van der Waals surface area (Å²) in [6.45, 7) is 5.05. The molecule has 0 fully saturated rings. The van der Waals surface area contributed by atoms with Crippen molar-refractivity contribution in [2.45, 2.75) is 26.4 Å². The van der Waals surface area contributed by atoms with Crippen LogP contribution in [0.15, 0.2) is 41.8 Å². The molecular formula is C18H22N6S. The van der Waals surface area contributed by atoms with E-state index in [1.165, 1.54) is 10.4 Å². The normalized spacial score (nSPS) is 12.3. The zero-order valence-electron chi connectivity index (χ0n) is 14.6. The molecule has 3 N–H and O–H groups in total. The number of nitrogen functional groups attached to an aromatic ring is 1. The molecule has 25 heavy (non-hydrogen) atoms. The minimum Gasteiger partial charge on any atom is -0.368 e. The van der Waals surface area contributed by atoms with Gasteiger partial charge in [0.25, 0.3) is 0 Å². The molecule has 3 aromatic rings. The number of nitrogens with zero attached hydrogens (tertiary/aromatic N) is 4. The van der Waals surface area contributed by atoms with E-state index < -0.39 is 0 Å². The summed E-state index contributed by atoms with van der Waals surface area (Å²) in [5, 5.41) is 5.29. The third-order valence-electron chi connectivity index (χ3n) is 4.10. The van der Waals surface area contributed by atoms with E-state index in [0.717, 1.165) is 12.2 Å². The van der Waals surface area contributed by atoms with Crippen molar-refractivity contribution < 1.29 is 0 Å². The lowest BCUT2D eigenvalue weighted by atomic mass is 10.2. The summed E-state index contributed by atoms with van der Waals surface area (Å²) in [7, 11) is 2.06. The number of aromatic nitrogens is 3. The molecule has 1 aromatic carbocycles. The summed E-state index contributed by atoms with van der Waals surface area (Å²) in [5.74, 6) is 1.33. The van der Waals surface area contributed by atoms with Crippen LogP contribution in [0.2, 0.25) is 0 Å². The second-order valence-electron chi connectivity index (χ2n) is 5.98. The van der Waals surface area contributed by atoms with Gasteiger partial charge in [0.1, 0.15) is 0 Å². The lowest BCUT2D eigenvalue weighted by Gasteiger charge is -2.23. The molecular weight excluding hydrogens is 332 g/mol. The Bertz CT molecular complexity index is 833. The summed E-state index contributed by atoms with van der Waals surface area (Å²) < 4.78 is 0. The number of thiophene rings is 1. The minimum absolute atomic E-state index is 0.0168. The van der Waals surface area contributed by atoms with Gasteiger partial charge in [-0.05, 0) is 50.0 Å². The zero-order chi connectivity index (χ0) is 17.8. The standard InChI is InChI=1S/C18H22N6S/c1-12-9-10-25-15(12)11-24(3)13(2)16-21-17(19)23-18(22-16)20-14-7-5-4-6-8-14/h4-10,13H,11H2,1-3H3,(H3,19,20,21,22,23)/t13-/m1/s1. The minimum atomic E-state index is 0.0168. The molecule has 0 amide bonds. The van der Waals surface area contributed by atoms with Crippen molar-refractivity contribution in [1.82, 2.24) is 19.9 Å². The maximum atomic E-state index is 5.89. The van der Waals surface area contributed by atoms with Gasteiger partial charge in [-0.1, -0.05) is 18.2 Å². The second-order valence-corrected chi connectivity index (χ2v) is 6.98. The maximum Gasteiger partial charge on any atom is 0.232 e. The Morgan fingerprint density at radius 1 is 1.16 bits per heavy atom. The number of hydrogen-bond donors (Lipinski definition) is 2. The van der Waals surface area contributed by atoms with E-state index in [2.05, 4.69) is 57.5 Å². The largest absolute Gasteiger partial charge is 0.368 e. The van der Waals surface area contributed by atoms with Crippen molar-refractivity contribution in [1.29, 1.82) is 0 Å². The van der Waals surface area contributed by atoms with Crippen LogP contribution in [0.3, 0.4) is 0 Å². The first-order valence-electron chi connectivity index (χ1n) is 8.09. The number of para-hydroxylation sites is 1. The second kappa shape index (κ2) is 7.58. The van der Waals surface area contributed by atoms with E-state index >= 15 is 0 Å². The average Bonchev–Trinajstić information content (AvgIpc) is 2.99. The predicted molar refractivity (Wildman–Crippen MR) is 103 cm³/mol. The molecule has 0 saturated heterocycles. The summed E-state index contributed by atoms with van der Waals surface area (Å²) >= 11 is 1.77. The summed E-state index contributed by atoms with van der Waals surface area (Å²) in [6.07, 6.45) is 0. The van der Waals surface area contributed by atoms with E-state index in [1.54, 1.807) is 11.3 Å². The van der Waals surface area contributed by atoms with Gasteiger partial charge in [-0.3, -0.25) is 4.90 Å². The van der Waals surface area contributed by atoms with Gasteiger partial charge in [0.15, 0.2) is 5.82 Å². The molecule has 0 saturated carbocycles. The number of rotatable bonds is 6. The Morgan fingerprint density at radius 2 is 1.92 bits per heavy atom. The molecule has 0 spiro atoms. The van der Waals surface area contributed by atoms with E-state index in [9.17, 15) is 0 Å². The Balaban J connectivity index is 1.77. The number of nitrogens with two attached hydrogens (primary N) is 1. The highest BCUT2D eigenvalue weighted by Gasteiger charge is 2.18. The van der Waals surface area contributed by atoms with Crippen molar-refractivity contribution in [2.75, 3.05) is 18.1 Å². The zero-order valence-corrected chi connectivity index (χ0v) is 15.4. The van der Waals surface area contributed by atoms with Gasteiger partial charge in [-0.2, -0.15) is 15.0 Å². The highest BCUT2D eigenvalue weighted by Crippen LogP contribution is 2.23. The summed E-state index contributed by atoms with van der Waals surface area (Å²) in [4.78, 5) is 16.6. The number of nitrogens with one attached hydrogen (secondary N) is 1. The quantitative estimate of drug-likeness (QED) is 0.701. The Kier molecular flexibility index (Phi) is 5.25. The third-order valence-corrected chi connectivity index (χ3v) is 5.10. The van der Waals surface area contributed by atoms with Crippen LogP contribution < -0.4 is 11.1 Å². The summed E-state index contributed by atoms with van der Waals surface area (Å²) in [5.41, 5.74) is 8.11. The molecule has 2 heterocycles. The molecule has 1 atom stereocenters. The number of aryl methyl sites for hydroxylation is 1. The number of anilines is 3. The van der Waals surface area contributed by atoms with E-state index in [-0.39, 0.29) is 12.0 Å². The van der Waals surface area contributed by atoms with Crippen LogP contribution in [-0.2, 0) is 6.54 Å². The van der Waals surface area contributed by atoms with E-state index in [1.807, 2.05) is 30.3 Å². The molecule has 0 aliphatic rings. The molecule has 3 rings (SSSR count). The van der Waals surface area contributed by atoms with Crippen molar-refractivity contribution >= 4 is 28.9 Å². The molecule has 0 unspecified atom stereocenters. The van der Waals surface area contributed by atoms with Crippen LogP contribution in [0.5, 0.6) is 0 Å². The monoisotopic (exact) mass is 354 g/mol. The van der Waals surface area contributed by atoms with Crippen LogP contribution in [0.4, 0.5) is 17.6 Å². The SMILES string of the molecule is Cc1ccsc1CN(C)[C@H](C)c1nc(N)nc(Nc2ccccc2)n1. The van der Waals surface area contributed by atoms with Crippen molar-refractivity contribution in [3.63, 3.8) is 0 Å². The molecule has 7 heteroatoms. The fourth-order valence-electron chi connectivity index (χ4n) is 2.43. The van der Waals surface area contributed by atoms with E-state index in [0.29, 0.717) is 11.8 Å². The molecule has 2 aromatic heterocycles. The molecule has 0 aliphatic heterocycles. The molecule has 0 radical (unpaired) electrons. The fraction of sp³-hybridized carbons (Fsp3) is 0.278. The van der Waals surface area contributed by atoms with Crippen molar-refractivity contribution in [3.05, 3.63) is 58.0 Å². The van der Waals surface area contributed by atoms with Gasteiger partial charge >= 0.3 is 0 Å². The fourth-order valence-corrected chi connectivity index (χ4v) is 3.40. The lowest BCUT2D eigenvalue weighted by molar-refractivity contribution is 0.245. The van der Waals surface area contributed by atoms with Crippen LogP contribution in [0, 0.1) is 6.92 Å². The molecule has 6 nitrogen and oxygen atoms in total. The topological polar surface area (TPSA) is 80.0 Å². The van der Waals surface area contributed by atoms with Gasteiger partial charge < -0.3 is 11.1 Å². The van der Waals surface area contributed by atoms with E-state index in [4.69, 9.17) is 5.73 Å². The van der Waals surface area contributed by atoms with Gasteiger partial charge in [0.05, 0.1) is 6.04 Å². The van der Waals surface area contributed by atoms with Crippen LogP contribution in [0.25, 0.3) is 0 Å². The Hall–Kier alpha value is -2.51. The van der Waals surface area contributed by atoms with Crippen LogP contribution >= 0.6 is 11.3 Å². The Morgan fingerprint density at radius 3 is 2.60 bits per heavy atom. The van der Waals surface area contributed by atoms with Crippen LogP contribution in [0.1, 0.15) is 29.2 Å². The molecule has 130 valence electrons. The smallest absolute Gasteiger partial charge is 0.232 e. The third kappa shape index (κ3) is 4.32. The highest BCUT2D eigenvalue weighted by atomic mass is 32.1. The first kappa shape index (κ1) is 17.3. The molecule has 0 aliphatic carbocycles. The maximum absolute atomic E-state index is 5.89. The van der Waals surface area contributed by atoms with Crippen molar-refractivity contribution in [2.24, 2.45) is 0 Å². The van der Waals surface area contributed by atoms with Gasteiger partial charge in [0.2, 0.25) is 11.9 Å². The first-order chi connectivity index (χ1) is 12.0. The average molecular weight is 354 g/mol. The predicted octanol–water partition coefficient (Wildman–Crippen LogP) is 3.76. The lowest BCUT2D eigenvalue weighted by Crippen LogP contribution is -2.24. The number of benzene rings is 1. The Labute approximate surface area is 151 Å². The molecule has 0 bridgehead atoms. The van der Waals surface area contributed by atoms with Crippen molar-refractivity contribution in [3.8, 4) is 0 Å². The van der Waals surface area contributed by atoms with Gasteiger partial charge in [0, 0.05) is 17.1 Å². The van der Waals surface area contributed by atoms with Gasteiger partial charge in [-0.15, -0.1) is 11.3 Å². The summed E-state index contributed by atoms with van der Waals surface area (Å²) in [6, 6.07) is 11.9. The first-order valence-corrected chi connectivity index (χ1v) is 8.97. The van der Waals surface area contributed by atoms with Crippen LogP contribution in [-0.4, -0.2) is 26.9 Å². The number of hydrogen-bond acceptors (Lipinski definition) is 7. The van der Waals surface area contributed by atoms with Gasteiger partial charge in [-0.25, -0.2) is 0 Å².